The minimum atomic E-state index is 0.461. The number of aldehydes is 1. The second kappa shape index (κ2) is 24.6. The summed E-state index contributed by atoms with van der Waals surface area (Å²) in [4.78, 5) is 10.6. The third-order valence-corrected chi connectivity index (χ3v) is 5.52. The van der Waals surface area contributed by atoms with Crippen LogP contribution in [-0.2, 0) is 18.9 Å². The molecule has 0 unspecified atom stereocenters. The fourth-order valence-corrected chi connectivity index (χ4v) is 3.49. The maximum absolute atomic E-state index is 10.6. The Balaban J connectivity index is 1.68. The fraction of sp³-hybridized carbons (Fsp3) is 0.750. The maximum Gasteiger partial charge on any atom is 0.150 e. The van der Waals surface area contributed by atoms with Crippen LogP contribution in [0.2, 0.25) is 0 Å². The summed E-state index contributed by atoms with van der Waals surface area (Å²) in [6, 6.07) is 7.00. The predicted octanol–water partition coefficient (Wildman–Crippen LogP) is 6.26. The summed E-state index contributed by atoms with van der Waals surface area (Å²) < 4.78 is 27.6. The molecule has 1 rings (SSSR count). The van der Waals surface area contributed by atoms with E-state index in [1.54, 1.807) is 24.3 Å². The Labute approximate surface area is 207 Å². The molecular formula is C28H48O6. The largest absolute Gasteiger partial charge is 0.491 e. The van der Waals surface area contributed by atoms with Crippen LogP contribution in [-0.4, -0.2) is 65.7 Å². The minimum absolute atomic E-state index is 0.461. The first-order valence-electron chi connectivity index (χ1n) is 13.4. The molecule has 6 heteroatoms. The summed E-state index contributed by atoms with van der Waals surface area (Å²) in [6.45, 7) is 7.51. The van der Waals surface area contributed by atoms with Gasteiger partial charge in [-0.2, -0.15) is 0 Å². The minimum Gasteiger partial charge on any atom is -0.491 e. The third-order valence-electron chi connectivity index (χ3n) is 5.52. The van der Waals surface area contributed by atoms with Crippen LogP contribution in [0.15, 0.2) is 24.3 Å². The molecule has 1 aromatic carbocycles. The highest BCUT2D eigenvalue weighted by Gasteiger charge is 1.97. The van der Waals surface area contributed by atoms with Crippen LogP contribution in [0.25, 0.3) is 0 Å². The number of carbonyl (C=O) groups excluding carboxylic acids is 1. The van der Waals surface area contributed by atoms with E-state index in [1.165, 1.54) is 64.2 Å². The Morgan fingerprint density at radius 1 is 0.529 bits per heavy atom. The molecule has 0 aliphatic heterocycles. The number of hydrogen-bond acceptors (Lipinski definition) is 6. The molecule has 0 saturated heterocycles. The number of rotatable bonds is 26. The van der Waals surface area contributed by atoms with E-state index in [9.17, 15) is 4.79 Å². The molecule has 0 bridgehead atoms. The molecule has 0 heterocycles. The Morgan fingerprint density at radius 3 is 1.41 bits per heavy atom. The topological polar surface area (TPSA) is 63.2 Å². The molecule has 6 nitrogen and oxygen atoms in total. The van der Waals surface area contributed by atoms with Gasteiger partial charge in [-0.1, -0.05) is 71.1 Å². The molecule has 0 radical (unpaired) electrons. The number of carbonyl (C=O) groups is 1. The molecule has 34 heavy (non-hydrogen) atoms. The average Bonchev–Trinajstić information content (AvgIpc) is 2.87. The Kier molecular flexibility index (Phi) is 22.2. The molecule has 0 aliphatic carbocycles. The van der Waals surface area contributed by atoms with Crippen molar-refractivity contribution < 1.29 is 28.5 Å². The number of unbranched alkanes of at least 4 members (excludes halogenated alkanes) is 10. The van der Waals surface area contributed by atoms with Crippen molar-refractivity contribution in [2.24, 2.45) is 0 Å². The highest BCUT2D eigenvalue weighted by atomic mass is 16.6. The summed E-state index contributed by atoms with van der Waals surface area (Å²) in [5.41, 5.74) is 0.636. The van der Waals surface area contributed by atoms with Crippen molar-refractivity contribution >= 4 is 6.29 Å². The van der Waals surface area contributed by atoms with Crippen molar-refractivity contribution in [2.75, 3.05) is 59.5 Å². The van der Waals surface area contributed by atoms with Gasteiger partial charge in [0.25, 0.3) is 0 Å². The lowest BCUT2D eigenvalue weighted by molar-refractivity contribution is -0.00487. The molecule has 0 atom stereocenters. The normalized spacial score (nSPS) is 11.1. The maximum atomic E-state index is 10.6. The van der Waals surface area contributed by atoms with Crippen LogP contribution < -0.4 is 4.74 Å². The van der Waals surface area contributed by atoms with Gasteiger partial charge in [-0.3, -0.25) is 4.79 Å². The standard InChI is InChI=1S/C28H48O6/c1-2-3-4-5-6-7-8-9-10-11-12-17-30-18-19-31-20-21-32-22-23-33-24-25-34-28-15-13-27(26-29)14-16-28/h13-16,26H,2-12,17-25H2,1H3. The van der Waals surface area contributed by atoms with Gasteiger partial charge in [-0.15, -0.1) is 0 Å². The van der Waals surface area contributed by atoms with Gasteiger partial charge in [0.15, 0.2) is 0 Å². The molecule has 196 valence electrons. The molecule has 0 N–H and O–H groups in total. The van der Waals surface area contributed by atoms with Gasteiger partial charge in [0.05, 0.1) is 46.2 Å². The molecule has 0 aromatic heterocycles. The summed E-state index contributed by atoms with van der Waals surface area (Å²) >= 11 is 0. The first-order chi connectivity index (χ1) is 16.9. The van der Waals surface area contributed by atoms with E-state index in [2.05, 4.69) is 6.92 Å². The van der Waals surface area contributed by atoms with E-state index in [4.69, 9.17) is 23.7 Å². The smallest absolute Gasteiger partial charge is 0.150 e. The first kappa shape index (κ1) is 30.6. The van der Waals surface area contributed by atoms with E-state index in [0.717, 1.165) is 25.1 Å². The Hall–Kier alpha value is -1.47. The third kappa shape index (κ3) is 20.0. The SMILES string of the molecule is CCCCCCCCCCCCCOCCOCCOCCOCCOc1ccc(C=O)cc1. The van der Waals surface area contributed by atoms with Crippen LogP contribution in [0.1, 0.15) is 87.9 Å². The lowest BCUT2D eigenvalue weighted by atomic mass is 10.1. The fourth-order valence-electron chi connectivity index (χ4n) is 3.49. The first-order valence-corrected chi connectivity index (χ1v) is 13.4. The lowest BCUT2D eigenvalue weighted by Crippen LogP contribution is -2.13. The van der Waals surface area contributed by atoms with Gasteiger partial charge in [0.1, 0.15) is 18.6 Å². The van der Waals surface area contributed by atoms with Crippen molar-refractivity contribution in [1.82, 2.24) is 0 Å². The van der Waals surface area contributed by atoms with Crippen molar-refractivity contribution in [3.8, 4) is 5.75 Å². The second-order valence-corrected chi connectivity index (χ2v) is 8.52. The van der Waals surface area contributed by atoms with Gasteiger partial charge in [-0.25, -0.2) is 0 Å². The van der Waals surface area contributed by atoms with E-state index in [0.29, 0.717) is 58.4 Å². The Morgan fingerprint density at radius 2 is 0.941 bits per heavy atom. The van der Waals surface area contributed by atoms with Gasteiger partial charge in [0.2, 0.25) is 0 Å². The van der Waals surface area contributed by atoms with Gasteiger partial charge >= 0.3 is 0 Å². The molecule has 0 aliphatic rings. The van der Waals surface area contributed by atoms with Crippen molar-refractivity contribution in [2.45, 2.75) is 77.6 Å². The van der Waals surface area contributed by atoms with Crippen LogP contribution in [0.4, 0.5) is 0 Å². The van der Waals surface area contributed by atoms with Gasteiger partial charge in [-0.05, 0) is 30.7 Å². The number of ether oxygens (including phenoxy) is 5. The lowest BCUT2D eigenvalue weighted by Gasteiger charge is -2.08. The zero-order valence-electron chi connectivity index (χ0n) is 21.5. The summed E-state index contributed by atoms with van der Waals surface area (Å²) in [7, 11) is 0. The highest BCUT2D eigenvalue weighted by Crippen LogP contribution is 2.12. The molecule has 0 fully saturated rings. The Bertz CT molecular complexity index is 548. The highest BCUT2D eigenvalue weighted by molar-refractivity contribution is 5.74. The molecular weight excluding hydrogens is 432 g/mol. The van der Waals surface area contributed by atoms with Crippen LogP contribution in [0.3, 0.4) is 0 Å². The molecule has 0 spiro atoms. The second-order valence-electron chi connectivity index (χ2n) is 8.52. The molecule has 0 amide bonds. The van der Waals surface area contributed by atoms with E-state index < -0.39 is 0 Å². The quantitative estimate of drug-likeness (QED) is 0.115. The summed E-state index contributed by atoms with van der Waals surface area (Å²) in [6.07, 6.45) is 15.7. The van der Waals surface area contributed by atoms with E-state index in [-0.39, 0.29) is 0 Å². The van der Waals surface area contributed by atoms with E-state index in [1.807, 2.05) is 0 Å². The van der Waals surface area contributed by atoms with E-state index >= 15 is 0 Å². The van der Waals surface area contributed by atoms with Crippen molar-refractivity contribution in [1.29, 1.82) is 0 Å². The van der Waals surface area contributed by atoms with Gasteiger partial charge in [0, 0.05) is 12.2 Å². The zero-order chi connectivity index (χ0) is 24.4. The number of benzene rings is 1. The van der Waals surface area contributed by atoms with Crippen LogP contribution >= 0.6 is 0 Å². The van der Waals surface area contributed by atoms with Crippen LogP contribution in [0.5, 0.6) is 5.75 Å². The zero-order valence-corrected chi connectivity index (χ0v) is 21.5. The summed E-state index contributed by atoms with van der Waals surface area (Å²) in [5.74, 6) is 0.727. The molecule has 0 saturated carbocycles. The van der Waals surface area contributed by atoms with Crippen molar-refractivity contribution in [3.05, 3.63) is 29.8 Å². The van der Waals surface area contributed by atoms with Gasteiger partial charge < -0.3 is 23.7 Å². The predicted molar refractivity (Wildman–Crippen MR) is 137 cm³/mol. The van der Waals surface area contributed by atoms with Crippen molar-refractivity contribution in [3.63, 3.8) is 0 Å². The number of hydrogen-bond donors (Lipinski definition) is 0. The average molecular weight is 481 g/mol. The van der Waals surface area contributed by atoms with Crippen LogP contribution in [0, 0.1) is 0 Å². The summed E-state index contributed by atoms with van der Waals surface area (Å²) in [5, 5.41) is 0. The monoisotopic (exact) mass is 480 g/mol. The molecule has 1 aromatic rings.